The van der Waals surface area contributed by atoms with Crippen LogP contribution in [0.3, 0.4) is 0 Å². The summed E-state index contributed by atoms with van der Waals surface area (Å²) in [5.74, 6) is 0.787. The van der Waals surface area contributed by atoms with E-state index >= 15 is 0 Å². The molecule has 4 N–H and O–H groups in total. The molecule has 1 aromatic carbocycles. The molecule has 2 heterocycles. The Hall–Kier alpha value is -3.09. The van der Waals surface area contributed by atoms with E-state index in [1.165, 1.54) is 0 Å². The van der Waals surface area contributed by atoms with Gasteiger partial charge in [0.05, 0.1) is 5.69 Å². The largest absolute Gasteiger partial charge is 0.465 e. The first-order valence-corrected chi connectivity index (χ1v) is 8.62. The van der Waals surface area contributed by atoms with E-state index in [4.69, 9.17) is 15.8 Å². The Labute approximate surface area is 151 Å². The van der Waals surface area contributed by atoms with Crippen LogP contribution in [0.1, 0.15) is 23.2 Å². The SMILES string of the molecule is NC(=O)c1cccc(-c2cccc(N3CCC(CNC(=O)O)CC3)n2)c1. The minimum atomic E-state index is -0.972. The number of amides is 2. The number of pyridine rings is 1. The molecule has 0 aliphatic carbocycles. The number of aromatic nitrogens is 1. The molecule has 1 aromatic heterocycles. The fourth-order valence-corrected chi connectivity index (χ4v) is 3.19. The summed E-state index contributed by atoms with van der Waals surface area (Å²) in [5.41, 5.74) is 7.46. The summed E-state index contributed by atoms with van der Waals surface area (Å²) in [6.45, 7) is 2.17. The van der Waals surface area contributed by atoms with Crippen molar-refractivity contribution in [3.63, 3.8) is 0 Å². The molecule has 1 fully saturated rings. The van der Waals surface area contributed by atoms with Crippen LogP contribution in [0, 0.1) is 5.92 Å². The van der Waals surface area contributed by atoms with Crippen LogP contribution in [0.2, 0.25) is 0 Å². The van der Waals surface area contributed by atoms with E-state index in [2.05, 4.69) is 10.2 Å². The molecule has 3 rings (SSSR count). The normalized spacial score (nSPS) is 14.8. The van der Waals surface area contributed by atoms with Crippen LogP contribution in [-0.2, 0) is 0 Å². The zero-order chi connectivity index (χ0) is 18.5. The van der Waals surface area contributed by atoms with E-state index in [1.807, 2.05) is 24.3 Å². The van der Waals surface area contributed by atoms with Crippen molar-refractivity contribution in [3.05, 3.63) is 48.0 Å². The highest BCUT2D eigenvalue weighted by Crippen LogP contribution is 2.25. The quantitative estimate of drug-likeness (QED) is 0.764. The molecule has 26 heavy (non-hydrogen) atoms. The molecule has 2 aromatic rings. The number of hydrogen-bond acceptors (Lipinski definition) is 4. The molecule has 7 heteroatoms. The van der Waals surface area contributed by atoms with Gasteiger partial charge in [0.25, 0.3) is 0 Å². The van der Waals surface area contributed by atoms with Crippen molar-refractivity contribution in [1.29, 1.82) is 0 Å². The molecule has 1 aliphatic rings. The Balaban J connectivity index is 1.69. The van der Waals surface area contributed by atoms with Gasteiger partial charge in [-0.25, -0.2) is 9.78 Å². The van der Waals surface area contributed by atoms with Crippen molar-refractivity contribution < 1.29 is 14.7 Å². The van der Waals surface area contributed by atoms with Gasteiger partial charge in [-0.1, -0.05) is 18.2 Å². The van der Waals surface area contributed by atoms with Gasteiger partial charge in [-0.2, -0.15) is 0 Å². The molecule has 0 unspecified atom stereocenters. The molecule has 2 amide bonds. The van der Waals surface area contributed by atoms with Crippen LogP contribution in [0.15, 0.2) is 42.5 Å². The molecular formula is C19H22N4O3. The maximum Gasteiger partial charge on any atom is 0.404 e. The third-order valence-corrected chi connectivity index (χ3v) is 4.66. The van der Waals surface area contributed by atoms with E-state index < -0.39 is 12.0 Å². The highest BCUT2D eigenvalue weighted by Gasteiger charge is 2.20. The molecule has 1 saturated heterocycles. The number of nitrogens with zero attached hydrogens (tertiary/aromatic N) is 2. The van der Waals surface area contributed by atoms with Gasteiger partial charge in [-0.3, -0.25) is 4.79 Å². The number of piperidine rings is 1. The highest BCUT2D eigenvalue weighted by molar-refractivity contribution is 5.94. The Kier molecular flexibility index (Phi) is 5.36. The number of carbonyl (C=O) groups is 2. The maximum absolute atomic E-state index is 11.4. The lowest BCUT2D eigenvalue weighted by atomic mass is 9.97. The minimum absolute atomic E-state index is 0.359. The average Bonchev–Trinajstić information content (AvgIpc) is 2.67. The van der Waals surface area contributed by atoms with Gasteiger partial charge in [-0.15, -0.1) is 0 Å². The van der Waals surface area contributed by atoms with Crippen molar-refractivity contribution in [3.8, 4) is 11.3 Å². The summed E-state index contributed by atoms with van der Waals surface area (Å²) in [4.78, 5) is 28.9. The fourth-order valence-electron chi connectivity index (χ4n) is 3.19. The Morgan fingerprint density at radius 1 is 1.19 bits per heavy atom. The van der Waals surface area contributed by atoms with Crippen molar-refractivity contribution in [2.24, 2.45) is 11.7 Å². The lowest BCUT2D eigenvalue weighted by Gasteiger charge is -2.32. The molecule has 0 atom stereocenters. The smallest absolute Gasteiger partial charge is 0.404 e. The van der Waals surface area contributed by atoms with Crippen LogP contribution >= 0.6 is 0 Å². The second-order valence-electron chi connectivity index (χ2n) is 6.44. The Bertz CT molecular complexity index is 801. The van der Waals surface area contributed by atoms with E-state index in [-0.39, 0.29) is 0 Å². The van der Waals surface area contributed by atoms with Crippen molar-refractivity contribution in [1.82, 2.24) is 10.3 Å². The molecular weight excluding hydrogens is 332 g/mol. The number of carbonyl (C=O) groups excluding carboxylic acids is 1. The highest BCUT2D eigenvalue weighted by atomic mass is 16.4. The van der Waals surface area contributed by atoms with Crippen molar-refractivity contribution in [2.45, 2.75) is 12.8 Å². The van der Waals surface area contributed by atoms with Crippen molar-refractivity contribution >= 4 is 17.8 Å². The lowest BCUT2D eigenvalue weighted by Crippen LogP contribution is -2.38. The summed E-state index contributed by atoms with van der Waals surface area (Å²) >= 11 is 0. The van der Waals surface area contributed by atoms with Gasteiger partial charge in [0.15, 0.2) is 0 Å². The minimum Gasteiger partial charge on any atom is -0.465 e. The predicted octanol–water partition coefficient (Wildman–Crippen LogP) is 2.33. The van der Waals surface area contributed by atoms with Crippen LogP contribution in [0.5, 0.6) is 0 Å². The van der Waals surface area contributed by atoms with E-state index in [0.29, 0.717) is 18.0 Å². The lowest BCUT2D eigenvalue weighted by molar-refractivity contribution is 0.1000. The molecule has 0 bridgehead atoms. The van der Waals surface area contributed by atoms with E-state index in [9.17, 15) is 9.59 Å². The first-order valence-electron chi connectivity index (χ1n) is 8.62. The molecule has 7 nitrogen and oxygen atoms in total. The van der Waals surface area contributed by atoms with Gasteiger partial charge < -0.3 is 21.1 Å². The first kappa shape index (κ1) is 17.7. The molecule has 0 saturated carbocycles. The number of benzene rings is 1. The topological polar surface area (TPSA) is 109 Å². The molecule has 0 spiro atoms. The van der Waals surface area contributed by atoms with Crippen molar-refractivity contribution in [2.75, 3.05) is 24.5 Å². The molecule has 136 valence electrons. The summed E-state index contributed by atoms with van der Waals surface area (Å²) < 4.78 is 0. The van der Waals surface area contributed by atoms with Crippen LogP contribution in [-0.4, -0.2) is 41.7 Å². The van der Waals surface area contributed by atoms with Gasteiger partial charge in [0, 0.05) is 30.8 Å². The molecule has 1 aliphatic heterocycles. The van der Waals surface area contributed by atoms with Gasteiger partial charge in [0.2, 0.25) is 5.91 Å². The number of nitrogens with one attached hydrogen (secondary N) is 1. The number of nitrogens with two attached hydrogens (primary N) is 1. The summed E-state index contributed by atoms with van der Waals surface area (Å²) in [6.07, 6.45) is 0.868. The summed E-state index contributed by atoms with van der Waals surface area (Å²) in [5, 5.41) is 11.2. The Morgan fingerprint density at radius 3 is 2.62 bits per heavy atom. The first-order chi connectivity index (χ1) is 12.5. The van der Waals surface area contributed by atoms with Gasteiger partial charge in [-0.05, 0) is 43.0 Å². The monoisotopic (exact) mass is 354 g/mol. The fraction of sp³-hybridized carbons (Fsp3) is 0.316. The second-order valence-corrected chi connectivity index (χ2v) is 6.44. The van der Waals surface area contributed by atoms with Crippen LogP contribution < -0.4 is 16.0 Å². The maximum atomic E-state index is 11.4. The zero-order valence-electron chi connectivity index (χ0n) is 14.4. The zero-order valence-corrected chi connectivity index (χ0v) is 14.4. The number of anilines is 1. The summed E-state index contributed by atoms with van der Waals surface area (Å²) in [6, 6.07) is 13.0. The van der Waals surface area contributed by atoms with Gasteiger partial charge >= 0.3 is 6.09 Å². The molecule has 0 radical (unpaired) electrons. The van der Waals surface area contributed by atoms with E-state index in [1.54, 1.807) is 18.2 Å². The number of carboxylic acid groups (broad SMARTS) is 1. The van der Waals surface area contributed by atoms with Gasteiger partial charge in [0.1, 0.15) is 5.82 Å². The Morgan fingerprint density at radius 2 is 1.92 bits per heavy atom. The predicted molar refractivity (Wildman–Crippen MR) is 99.2 cm³/mol. The third kappa shape index (κ3) is 4.30. The second kappa shape index (κ2) is 7.86. The number of rotatable bonds is 5. The standard InChI is InChI=1S/C19H22N4O3/c20-18(24)15-4-1-3-14(11-15)16-5-2-6-17(22-16)23-9-7-13(8-10-23)12-21-19(25)26/h1-6,11,13,21H,7-10,12H2,(H2,20,24)(H,25,26). The third-order valence-electron chi connectivity index (χ3n) is 4.66. The van der Waals surface area contributed by atoms with Crippen LogP contribution in [0.4, 0.5) is 10.6 Å². The van der Waals surface area contributed by atoms with Crippen LogP contribution in [0.25, 0.3) is 11.3 Å². The van der Waals surface area contributed by atoms with E-state index in [0.717, 1.165) is 43.0 Å². The average molecular weight is 354 g/mol. The number of primary amides is 1. The summed E-state index contributed by atoms with van der Waals surface area (Å²) in [7, 11) is 0. The number of hydrogen-bond donors (Lipinski definition) is 3.